The van der Waals surface area contributed by atoms with Gasteiger partial charge < -0.3 is 9.80 Å². The molecular formula is C26H33N3O4S. The summed E-state index contributed by atoms with van der Waals surface area (Å²) in [6.45, 7) is 2.96. The van der Waals surface area contributed by atoms with Crippen molar-refractivity contribution >= 4 is 21.8 Å². The highest BCUT2D eigenvalue weighted by atomic mass is 32.2. The first-order valence-corrected chi connectivity index (χ1v) is 13.6. The largest absolute Gasteiger partial charge is 0.339 e. The Balaban J connectivity index is 1.30. The zero-order valence-corrected chi connectivity index (χ0v) is 20.4. The van der Waals surface area contributed by atoms with Crippen molar-refractivity contribution in [3.63, 3.8) is 0 Å². The molecule has 0 bridgehead atoms. The van der Waals surface area contributed by atoms with E-state index in [1.165, 1.54) is 15.9 Å². The second-order valence-corrected chi connectivity index (χ2v) is 10.9. The van der Waals surface area contributed by atoms with Crippen LogP contribution in [0.25, 0.3) is 0 Å². The van der Waals surface area contributed by atoms with Gasteiger partial charge >= 0.3 is 0 Å². The molecule has 2 fully saturated rings. The molecule has 2 aromatic carbocycles. The molecule has 2 amide bonds. The first kappa shape index (κ1) is 24.4. The summed E-state index contributed by atoms with van der Waals surface area (Å²) < 4.78 is 27.5. The number of nitrogens with zero attached hydrogens (tertiary/aromatic N) is 3. The molecule has 2 aliphatic rings. The van der Waals surface area contributed by atoms with Crippen molar-refractivity contribution in [1.82, 2.24) is 14.1 Å². The molecular weight excluding hydrogens is 450 g/mol. The van der Waals surface area contributed by atoms with E-state index in [4.69, 9.17) is 0 Å². The van der Waals surface area contributed by atoms with E-state index in [0.29, 0.717) is 51.3 Å². The smallest absolute Gasteiger partial charge is 0.254 e. The molecule has 2 saturated heterocycles. The van der Waals surface area contributed by atoms with Gasteiger partial charge in [-0.2, -0.15) is 4.31 Å². The standard InChI is InChI=1S/C26H33N3O4S/c30-25(14-7-11-22-9-3-1-4-10-22)27-17-19-28(20-18-27)26(31)23-12-8-13-24(21-23)34(32,33)29-15-5-2-6-16-29/h1,3-4,8-10,12-13,21H,2,5-7,11,14-20H2. The lowest BCUT2D eigenvalue weighted by atomic mass is 10.1. The molecule has 2 aliphatic heterocycles. The number of piperazine rings is 1. The second kappa shape index (κ2) is 11.1. The first-order valence-electron chi connectivity index (χ1n) is 12.2. The van der Waals surface area contributed by atoms with Crippen molar-refractivity contribution in [1.29, 1.82) is 0 Å². The molecule has 0 aromatic heterocycles. The summed E-state index contributed by atoms with van der Waals surface area (Å²) in [6, 6.07) is 16.5. The van der Waals surface area contributed by atoms with Crippen molar-refractivity contribution in [3.05, 3.63) is 65.7 Å². The van der Waals surface area contributed by atoms with Gasteiger partial charge in [0.05, 0.1) is 4.90 Å². The van der Waals surface area contributed by atoms with Crippen LogP contribution < -0.4 is 0 Å². The van der Waals surface area contributed by atoms with Crippen molar-refractivity contribution in [2.75, 3.05) is 39.3 Å². The summed E-state index contributed by atoms with van der Waals surface area (Å²) >= 11 is 0. The van der Waals surface area contributed by atoms with Crippen LogP contribution in [0, 0.1) is 0 Å². The molecule has 2 aromatic rings. The predicted octanol–water partition coefficient (Wildman–Crippen LogP) is 3.17. The number of amides is 2. The fraction of sp³-hybridized carbons (Fsp3) is 0.462. The van der Waals surface area contributed by atoms with E-state index in [1.54, 1.807) is 23.1 Å². The zero-order valence-electron chi connectivity index (χ0n) is 19.6. The Bertz CT molecular complexity index is 1090. The average molecular weight is 484 g/mol. The van der Waals surface area contributed by atoms with E-state index in [2.05, 4.69) is 12.1 Å². The van der Waals surface area contributed by atoms with Crippen LogP contribution in [-0.2, 0) is 21.2 Å². The summed E-state index contributed by atoms with van der Waals surface area (Å²) in [5.74, 6) is -0.0653. The van der Waals surface area contributed by atoms with Gasteiger partial charge in [-0.1, -0.05) is 42.8 Å². The number of carbonyl (C=O) groups is 2. The van der Waals surface area contributed by atoms with Crippen molar-refractivity contribution in [2.24, 2.45) is 0 Å². The van der Waals surface area contributed by atoms with Crippen LogP contribution in [0.3, 0.4) is 0 Å². The summed E-state index contributed by atoms with van der Waals surface area (Å²) in [5.41, 5.74) is 1.61. The van der Waals surface area contributed by atoms with Crippen LogP contribution in [0.15, 0.2) is 59.5 Å². The number of carbonyl (C=O) groups excluding carboxylic acids is 2. The third-order valence-electron chi connectivity index (χ3n) is 6.65. The van der Waals surface area contributed by atoms with Gasteiger partial charge in [-0.15, -0.1) is 0 Å². The molecule has 0 unspecified atom stereocenters. The van der Waals surface area contributed by atoms with Crippen LogP contribution in [0.1, 0.15) is 48.0 Å². The van der Waals surface area contributed by atoms with Crippen LogP contribution in [-0.4, -0.2) is 73.6 Å². The Morgan fingerprint density at radius 1 is 0.765 bits per heavy atom. The fourth-order valence-corrected chi connectivity index (χ4v) is 6.20. The maximum absolute atomic E-state index is 13.1. The monoisotopic (exact) mass is 483 g/mol. The lowest BCUT2D eigenvalue weighted by Gasteiger charge is -2.35. The molecule has 0 radical (unpaired) electrons. The molecule has 34 heavy (non-hydrogen) atoms. The summed E-state index contributed by atoms with van der Waals surface area (Å²) in [5, 5.41) is 0. The Morgan fingerprint density at radius 2 is 1.44 bits per heavy atom. The molecule has 0 N–H and O–H groups in total. The van der Waals surface area contributed by atoms with Gasteiger partial charge in [-0.05, 0) is 49.4 Å². The lowest BCUT2D eigenvalue weighted by Crippen LogP contribution is -2.50. The molecule has 0 aliphatic carbocycles. The fourth-order valence-electron chi connectivity index (χ4n) is 4.63. The maximum Gasteiger partial charge on any atom is 0.254 e. The summed E-state index contributed by atoms with van der Waals surface area (Å²) in [7, 11) is -3.59. The van der Waals surface area contributed by atoms with E-state index >= 15 is 0 Å². The number of piperidine rings is 1. The van der Waals surface area contributed by atoms with E-state index in [-0.39, 0.29) is 16.7 Å². The molecule has 0 saturated carbocycles. The molecule has 0 atom stereocenters. The number of hydrogen-bond donors (Lipinski definition) is 0. The van der Waals surface area contributed by atoms with Crippen molar-refractivity contribution in [2.45, 2.75) is 43.4 Å². The number of benzene rings is 2. The maximum atomic E-state index is 13.1. The van der Waals surface area contributed by atoms with E-state index in [1.807, 2.05) is 23.1 Å². The molecule has 2 heterocycles. The topological polar surface area (TPSA) is 78.0 Å². The van der Waals surface area contributed by atoms with Gasteiger partial charge in [-0.25, -0.2) is 8.42 Å². The van der Waals surface area contributed by atoms with Crippen LogP contribution in [0.4, 0.5) is 0 Å². The second-order valence-electron chi connectivity index (χ2n) is 9.00. The minimum Gasteiger partial charge on any atom is -0.339 e. The highest BCUT2D eigenvalue weighted by Crippen LogP contribution is 2.22. The third kappa shape index (κ3) is 5.85. The third-order valence-corrected chi connectivity index (χ3v) is 8.55. The first-order chi connectivity index (χ1) is 16.4. The van der Waals surface area contributed by atoms with Crippen LogP contribution >= 0.6 is 0 Å². The molecule has 182 valence electrons. The predicted molar refractivity (Wildman–Crippen MR) is 131 cm³/mol. The van der Waals surface area contributed by atoms with E-state index in [0.717, 1.165) is 32.1 Å². The highest BCUT2D eigenvalue weighted by molar-refractivity contribution is 7.89. The molecule has 8 heteroatoms. The average Bonchev–Trinajstić information content (AvgIpc) is 2.89. The van der Waals surface area contributed by atoms with Gasteiger partial charge in [0.15, 0.2) is 0 Å². The normalized spacial score (nSPS) is 17.5. The summed E-state index contributed by atoms with van der Waals surface area (Å²) in [4.78, 5) is 29.4. The zero-order chi connectivity index (χ0) is 24.0. The Labute approximate surface area is 202 Å². The van der Waals surface area contributed by atoms with E-state index < -0.39 is 10.0 Å². The summed E-state index contributed by atoms with van der Waals surface area (Å²) in [6.07, 6.45) is 4.97. The number of rotatable bonds is 7. The Hall–Kier alpha value is -2.71. The minimum absolute atomic E-state index is 0.123. The quantitative estimate of drug-likeness (QED) is 0.606. The number of hydrogen-bond acceptors (Lipinski definition) is 4. The van der Waals surface area contributed by atoms with Gasteiger partial charge in [-0.3, -0.25) is 9.59 Å². The number of aryl methyl sites for hydroxylation is 1. The highest BCUT2D eigenvalue weighted by Gasteiger charge is 2.28. The van der Waals surface area contributed by atoms with Gasteiger partial charge in [0.1, 0.15) is 0 Å². The van der Waals surface area contributed by atoms with Gasteiger partial charge in [0.2, 0.25) is 15.9 Å². The van der Waals surface area contributed by atoms with Crippen molar-refractivity contribution < 1.29 is 18.0 Å². The molecule has 7 nitrogen and oxygen atoms in total. The van der Waals surface area contributed by atoms with Gasteiger partial charge in [0.25, 0.3) is 5.91 Å². The van der Waals surface area contributed by atoms with Crippen LogP contribution in [0.2, 0.25) is 0 Å². The van der Waals surface area contributed by atoms with E-state index in [9.17, 15) is 18.0 Å². The van der Waals surface area contributed by atoms with Gasteiger partial charge in [0, 0.05) is 51.3 Å². The minimum atomic E-state index is -3.59. The lowest BCUT2D eigenvalue weighted by molar-refractivity contribution is -0.132. The molecule has 4 rings (SSSR count). The van der Waals surface area contributed by atoms with Crippen molar-refractivity contribution in [3.8, 4) is 0 Å². The Kier molecular flexibility index (Phi) is 8.00. The molecule has 0 spiro atoms. The Morgan fingerprint density at radius 3 is 2.15 bits per heavy atom. The SMILES string of the molecule is O=C(CCCc1ccccc1)N1CCN(C(=O)c2cccc(S(=O)(=O)N3CCCCC3)c2)CC1. The number of sulfonamides is 1. The van der Waals surface area contributed by atoms with Crippen LogP contribution in [0.5, 0.6) is 0 Å².